The predicted octanol–water partition coefficient (Wildman–Crippen LogP) is 2.63. The first-order valence-electron chi connectivity index (χ1n) is 5.73. The molecule has 1 atom stereocenters. The summed E-state index contributed by atoms with van der Waals surface area (Å²) in [6, 6.07) is 7.99. The van der Waals surface area contributed by atoms with Gasteiger partial charge in [0.15, 0.2) is 0 Å². The molecule has 2 rings (SSSR count). The average molecular weight is 231 g/mol. The Morgan fingerprint density at radius 3 is 2.82 bits per heavy atom. The third-order valence-corrected chi connectivity index (χ3v) is 2.93. The highest BCUT2D eigenvalue weighted by Crippen LogP contribution is 2.23. The SMILES string of the molecule is CCC(C)(N)c1nc(-c2cccc(C)c2)no1. The molecule has 1 unspecified atom stereocenters. The Balaban J connectivity index is 2.36. The minimum atomic E-state index is -0.560. The number of aromatic nitrogens is 2. The monoisotopic (exact) mass is 231 g/mol. The molecular formula is C13H17N3O. The van der Waals surface area contributed by atoms with Crippen LogP contribution in [0.3, 0.4) is 0 Å². The lowest BCUT2D eigenvalue weighted by Crippen LogP contribution is -2.32. The van der Waals surface area contributed by atoms with Gasteiger partial charge in [-0.25, -0.2) is 0 Å². The van der Waals surface area contributed by atoms with Crippen molar-refractivity contribution in [1.29, 1.82) is 0 Å². The highest BCUT2D eigenvalue weighted by atomic mass is 16.5. The molecule has 1 aromatic carbocycles. The maximum absolute atomic E-state index is 6.06. The van der Waals surface area contributed by atoms with Crippen molar-refractivity contribution in [2.45, 2.75) is 32.7 Å². The molecule has 0 aliphatic carbocycles. The number of hydrogen-bond donors (Lipinski definition) is 1. The van der Waals surface area contributed by atoms with Gasteiger partial charge in [0, 0.05) is 5.56 Å². The second-order valence-corrected chi connectivity index (χ2v) is 4.56. The number of nitrogens with two attached hydrogens (primary N) is 1. The minimum absolute atomic E-state index is 0.483. The van der Waals surface area contributed by atoms with Crippen molar-refractivity contribution in [2.75, 3.05) is 0 Å². The first kappa shape index (κ1) is 11.8. The van der Waals surface area contributed by atoms with Gasteiger partial charge in [-0.15, -0.1) is 0 Å². The number of rotatable bonds is 3. The van der Waals surface area contributed by atoms with E-state index in [-0.39, 0.29) is 0 Å². The molecule has 2 N–H and O–H groups in total. The van der Waals surface area contributed by atoms with Gasteiger partial charge in [0.1, 0.15) is 0 Å². The maximum atomic E-state index is 6.06. The van der Waals surface area contributed by atoms with E-state index in [1.807, 2.05) is 45.0 Å². The summed E-state index contributed by atoms with van der Waals surface area (Å²) in [5, 5.41) is 3.98. The van der Waals surface area contributed by atoms with Crippen molar-refractivity contribution < 1.29 is 4.52 Å². The zero-order chi connectivity index (χ0) is 12.5. The smallest absolute Gasteiger partial charge is 0.246 e. The minimum Gasteiger partial charge on any atom is -0.337 e. The number of nitrogens with zero attached hydrogens (tertiary/aromatic N) is 2. The average Bonchev–Trinajstić information content (AvgIpc) is 2.79. The Kier molecular flexibility index (Phi) is 2.98. The topological polar surface area (TPSA) is 64.9 Å². The summed E-state index contributed by atoms with van der Waals surface area (Å²) in [5.41, 5.74) is 7.62. The van der Waals surface area contributed by atoms with Crippen molar-refractivity contribution in [3.8, 4) is 11.4 Å². The van der Waals surface area contributed by atoms with Gasteiger partial charge in [-0.05, 0) is 26.3 Å². The van der Waals surface area contributed by atoms with Crippen LogP contribution in [0.1, 0.15) is 31.7 Å². The standard InChI is InChI=1S/C13H17N3O/c1-4-13(3,14)12-15-11(16-17-12)10-7-5-6-9(2)8-10/h5-8H,4,14H2,1-3H3. The normalized spacial score (nSPS) is 14.6. The molecule has 0 saturated carbocycles. The van der Waals surface area contributed by atoms with Crippen molar-refractivity contribution >= 4 is 0 Å². The van der Waals surface area contributed by atoms with Crippen molar-refractivity contribution in [3.63, 3.8) is 0 Å². The maximum Gasteiger partial charge on any atom is 0.246 e. The molecule has 0 amide bonds. The van der Waals surface area contributed by atoms with Crippen LogP contribution in [0, 0.1) is 6.92 Å². The number of benzene rings is 1. The molecule has 0 aliphatic heterocycles. The van der Waals surface area contributed by atoms with Gasteiger partial charge >= 0.3 is 0 Å². The molecule has 0 saturated heterocycles. The molecule has 90 valence electrons. The molecule has 0 fully saturated rings. The van der Waals surface area contributed by atoms with Crippen LogP contribution >= 0.6 is 0 Å². The Bertz CT molecular complexity index is 517. The zero-order valence-corrected chi connectivity index (χ0v) is 10.4. The molecule has 4 nitrogen and oxygen atoms in total. The second-order valence-electron chi connectivity index (χ2n) is 4.56. The van der Waals surface area contributed by atoms with Gasteiger partial charge in [0.25, 0.3) is 0 Å². The number of aryl methyl sites for hydroxylation is 1. The molecule has 0 aliphatic rings. The highest BCUT2D eigenvalue weighted by molar-refractivity contribution is 5.55. The largest absolute Gasteiger partial charge is 0.337 e. The van der Waals surface area contributed by atoms with Gasteiger partial charge in [-0.2, -0.15) is 4.98 Å². The number of hydrogen-bond acceptors (Lipinski definition) is 4. The quantitative estimate of drug-likeness (QED) is 0.881. The van der Waals surface area contributed by atoms with E-state index >= 15 is 0 Å². The molecule has 1 aromatic heterocycles. The summed E-state index contributed by atoms with van der Waals surface area (Å²) in [7, 11) is 0. The second kappa shape index (κ2) is 4.30. The fourth-order valence-corrected chi connectivity index (χ4v) is 1.51. The van der Waals surface area contributed by atoms with Crippen LogP contribution in [-0.4, -0.2) is 10.1 Å². The third kappa shape index (κ3) is 2.36. The Hall–Kier alpha value is -1.68. The van der Waals surface area contributed by atoms with Gasteiger partial charge in [-0.3, -0.25) is 0 Å². The summed E-state index contributed by atoms with van der Waals surface area (Å²) in [6.07, 6.45) is 0.752. The van der Waals surface area contributed by atoms with Crippen LogP contribution in [0.15, 0.2) is 28.8 Å². The summed E-state index contributed by atoms with van der Waals surface area (Å²) in [5.74, 6) is 1.07. The molecule has 0 bridgehead atoms. The van der Waals surface area contributed by atoms with E-state index in [4.69, 9.17) is 10.3 Å². The van der Waals surface area contributed by atoms with Crippen LogP contribution in [0.5, 0.6) is 0 Å². The zero-order valence-electron chi connectivity index (χ0n) is 10.4. The van der Waals surface area contributed by atoms with E-state index < -0.39 is 5.54 Å². The highest BCUT2D eigenvalue weighted by Gasteiger charge is 2.26. The summed E-state index contributed by atoms with van der Waals surface area (Å²) in [4.78, 5) is 4.36. The van der Waals surface area contributed by atoms with E-state index in [9.17, 15) is 0 Å². The van der Waals surface area contributed by atoms with Gasteiger partial charge < -0.3 is 10.3 Å². The summed E-state index contributed by atoms with van der Waals surface area (Å²) < 4.78 is 5.23. The summed E-state index contributed by atoms with van der Waals surface area (Å²) in [6.45, 7) is 5.92. The Labute approximate surface area is 101 Å². The van der Waals surface area contributed by atoms with E-state index in [0.717, 1.165) is 12.0 Å². The molecule has 17 heavy (non-hydrogen) atoms. The van der Waals surface area contributed by atoms with Gasteiger partial charge in [-0.1, -0.05) is 35.8 Å². The van der Waals surface area contributed by atoms with Crippen LogP contribution in [0.2, 0.25) is 0 Å². The van der Waals surface area contributed by atoms with Crippen LogP contribution < -0.4 is 5.73 Å². The van der Waals surface area contributed by atoms with Gasteiger partial charge in [0.2, 0.25) is 11.7 Å². The first-order chi connectivity index (χ1) is 8.03. The molecule has 1 heterocycles. The van der Waals surface area contributed by atoms with Crippen LogP contribution in [0.25, 0.3) is 11.4 Å². The van der Waals surface area contributed by atoms with E-state index in [2.05, 4.69) is 10.1 Å². The van der Waals surface area contributed by atoms with Crippen molar-refractivity contribution in [1.82, 2.24) is 10.1 Å². The molecule has 2 aromatic rings. The molecule has 4 heteroatoms. The Morgan fingerprint density at radius 1 is 1.41 bits per heavy atom. The van der Waals surface area contributed by atoms with Crippen LogP contribution in [0.4, 0.5) is 0 Å². The lowest BCUT2D eigenvalue weighted by molar-refractivity contribution is 0.291. The van der Waals surface area contributed by atoms with Gasteiger partial charge in [0.05, 0.1) is 5.54 Å². The fourth-order valence-electron chi connectivity index (χ4n) is 1.51. The van der Waals surface area contributed by atoms with Crippen molar-refractivity contribution in [3.05, 3.63) is 35.7 Å². The third-order valence-electron chi connectivity index (χ3n) is 2.93. The van der Waals surface area contributed by atoms with Crippen LogP contribution in [-0.2, 0) is 5.54 Å². The van der Waals surface area contributed by atoms with Crippen molar-refractivity contribution in [2.24, 2.45) is 5.73 Å². The lowest BCUT2D eigenvalue weighted by Gasteiger charge is -2.16. The van der Waals surface area contributed by atoms with E-state index in [1.165, 1.54) is 5.56 Å². The lowest BCUT2D eigenvalue weighted by atomic mass is 10.0. The predicted molar refractivity (Wildman–Crippen MR) is 66.3 cm³/mol. The molecule has 0 spiro atoms. The van der Waals surface area contributed by atoms with E-state index in [0.29, 0.717) is 11.7 Å². The molecule has 0 radical (unpaired) electrons. The summed E-state index contributed by atoms with van der Waals surface area (Å²) >= 11 is 0. The van der Waals surface area contributed by atoms with E-state index in [1.54, 1.807) is 0 Å². The molecular weight excluding hydrogens is 214 g/mol. The fraction of sp³-hybridized carbons (Fsp3) is 0.385. The first-order valence-corrected chi connectivity index (χ1v) is 5.73. The Morgan fingerprint density at radius 2 is 2.18 bits per heavy atom.